The lowest BCUT2D eigenvalue weighted by Crippen LogP contribution is -2.34. The van der Waals surface area contributed by atoms with Crippen molar-refractivity contribution >= 4 is 29.0 Å². The maximum Gasteiger partial charge on any atom is 0.449 e. The van der Waals surface area contributed by atoms with Crippen LogP contribution in [0.4, 0.5) is 24.5 Å². The number of anilines is 2. The maximum absolute atomic E-state index is 12.7. The molecule has 0 aromatic heterocycles. The molecule has 0 aliphatic rings. The van der Waals surface area contributed by atoms with Gasteiger partial charge in [0.1, 0.15) is 5.92 Å². The first-order valence-corrected chi connectivity index (χ1v) is 9.59. The highest BCUT2D eigenvalue weighted by Gasteiger charge is 2.37. The van der Waals surface area contributed by atoms with Crippen molar-refractivity contribution in [3.8, 4) is 0 Å². The summed E-state index contributed by atoms with van der Waals surface area (Å²) in [5, 5.41) is 5.37. The number of para-hydroxylation sites is 2. The summed E-state index contributed by atoms with van der Waals surface area (Å²) in [6, 6.07) is 17.3. The molecule has 2 N–H and O–H groups in total. The minimum atomic E-state index is -4.83. The monoisotopic (exact) mass is 420 g/mol. The molecule has 0 saturated heterocycles. The van der Waals surface area contributed by atoms with Gasteiger partial charge in [-0.1, -0.05) is 49.2 Å². The van der Waals surface area contributed by atoms with Crippen LogP contribution in [0.5, 0.6) is 0 Å². The van der Waals surface area contributed by atoms with Crippen LogP contribution in [0, 0.1) is 5.92 Å². The van der Waals surface area contributed by atoms with Crippen LogP contribution >= 0.6 is 0 Å². The van der Waals surface area contributed by atoms with Crippen LogP contribution in [0.1, 0.15) is 32.1 Å². The molecule has 5 nitrogen and oxygen atoms in total. The molecular formula is C22H23F3N2O3. The topological polar surface area (TPSA) is 75.3 Å². The van der Waals surface area contributed by atoms with Gasteiger partial charge in [0.15, 0.2) is 0 Å². The van der Waals surface area contributed by atoms with Crippen LogP contribution in [-0.4, -0.2) is 23.8 Å². The van der Waals surface area contributed by atoms with Gasteiger partial charge in [-0.2, -0.15) is 13.2 Å². The first kappa shape index (κ1) is 23.1. The fourth-order valence-electron chi connectivity index (χ4n) is 2.84. The normalized spacial score (nSPS) is 11.2. The number of rotatable bonds is 10. The number of unbranched alkanes of at least 4 members (excludes halogenated alkanes) is 2. The SMILES string of the molecule is O=C(Nc1ccccc1)C(CCCCCC(=O)C(F)(F)F)C(=O)Nc1ccccc1. The zero-order chi connectivity index (χ0) is 22.0. The minimum absolute atomic E-state index is 0.0473. The number of amides is 2. The van der Waals surface area contributed by atoms with Crippen molar-refractivity contribution in [3.63, 3.8) is 0 Å². The fourth-order valence-corrected chi connectivity index (χ4v) is 2.84. The van der Waals surface area contributed by atoms with E-state index in [0.29, 0.717) is 24.2 Å². The Hall–Kier alpha value is -3.16. The standard InChI is InChI=1S/C22H23F3N2O3/c23-22(24,25)19(28)15-9-3-8-14-18(20(29)26-16-10-4-1-5-11-16)21(30)27-17-12-6-2-7-13-17/h1-2,4-7,10-13,18H,3,8-9,14-15H2,(H,26,29)(H,27,30). The molecule has 8 heteroatoms. The minimum Gasteiger partial charge on any atom is -0.325 e. The molecule has 0 bridgehead atoms. The van der Waals surface area contributed by atoms with Gasteiger partial charge in [0.2, 0.25) is 17.6 Å². The molecule has 0 saturated carbocycles. The molecule has 0 radical (unpaired) electrons. The number of carbonyl (C=O) groups is 3. The van der Waals surface area contributed by atoms with Gasteiger partial charge in [0.25, 0.3) is 0 Å². The van der Waals surface area contributed by atoms with Crippen molar-refractivity contribution < 1.29 is 27.6 Å². The summed E-state index contributed by atoms with van der Waals surface area (Å²) in [6.07, 6.45) is -4.59. The summed E-state index contributed by atoms with van der Waals surface area (Å²) in [5.41, 5.74) is 1.08. The molecule has 2 aromatic carbocycles. The Morgan fingerprint density at radius 2 is 1.20 bits per heavy atom. The maximum atomic E-state index is 12.7. The lowest BCUT2D eigenvalue weighted by molar-refractivity contribution is -0.171. The summed E-state index contributed by atoms with van der Waals surface area (Å²) < 4.78 is 36.8. The molecule has 0 heterocycles. The van der Waals surface area contributed by atoms with Gasteiger partial charge in [-0.25, -0.2) is 0 Å². The fraction of sp³-hybridized carbons (Fsp3) is 0.318. The third-order valence-corrected chi connectivity index (χ3v) is 4.43. The molecule has 0 fully saturated rings. The highest BCUT2D eigenvalue weighted by Crippen LogP contribution is 2.21. The molecule has 0 atom stereocenters. The predicted molar refractivity (Wildman–Crippen MR) is 108 cm³/mol. The highest BCUT2D eigenvalue weighted by molar-refractivity contribution is 6.10. The van der Waals surface area contributed by atoms with E-state index in [-0.39, 0.29) is 12.8 Å². The Bertz CT molecular complexity index is 786. The largest absolute Gasteiger partial charge is 0.449 e. The summed E-state index contributed by atoms with van der Waals surface area (Å²) in [6.45, 7) is 0. The summed E-state index contributed by atoms with van der Waals surface area (Å²) in [5.74, 6) is -3.78. The molecule has 0 aliphatic carbocycles. The molecule has 2 aromatic rings. The van der Waals surface area contributed by atoms with Gasteiger partial charge < -0.3 is 10.6 Å². The number of nitrogens with one attached hydrogen (secondary N) is 2. The number of Topliss-reactive ketones (excluding diaryl/α,β-unsaturated/α-hetero) is 1. The van der Waals surface area contributed by atoms with E-state index in [0.717, 1.165) is 0 Å². The van der Waals surface area contributed by atoms with Crippen molar-refractivity contribution in [1.29, 1.82) is 0 Å². The summed E-state index contributed by atoms with van der Waals surface area (Å²) >= 11 is 0. The lowest BCUT2D eigenvalue weighted by Gasteiger charge is -2.17. The Morgan fingerprint density at radius 1 is 0.733 bits per heavy atom. The van der Waals surface area contributed by atoms with E-state index in [1.54, 1.807) is 60.7 Å². The van der Waals surface area contributed by atoms with Crippen LogP contribution in [0.3, 0.4) is 0 Å². The van der Waals surface area contributed by atoms with Gasteiger partial charge >= 0.3 is 6.18 Å². The van der Waals surface area contributed by atoms with Gasteiger partial charge in [0.05, 0.1) is 0 Å². The highest BCUT2D eigenvalue weighted by atomic mass is 19.4. The van der Waals surface area contributed by atoms with Crippen molar-refractivity contribution in [2.45, 2.75) is 38.3 Å². The third-order valence-electron chi connectivity index (χ3n) is 4.43. The summed E-state index contributed by atoms with van der Waals surface area (Å²) in [4.78, 5) is 36.3. The van der Waals surface area contributed by atoms with E-state index in [1.807, 2.05) is 0 Å². The van der Waals surface area contributed by atoms with E-state index in [1.165, 1.54) is 0 Å². The number of hydrogen-bond donors (Lipinski definition) is 2. The second kappa shape index (κ2) is 11.1. The van der Waals surface area contributed by atoms with Crippen molar-refractivity contribution in [1.82, 2.24) is 0 Å². The second-order valence-electron chi connectivity index (χ2n) is 6.78. The Kier molecular flexibility index (Phi) is 8.58. The Balaban J connectivity index is 1.95. The van der Waals surface area contributed by atoms with E-state index in [9.17, 15) is 27.6 Å². The van der Waals surface area contributed by atoms with Gasteiger partial charge in [-0.05, 0) is 37.1 Å². The van der Waals surface area contributed by atoms with Crippen LogP contribution in [0.25, 0.3) is 0 Å². The molecule has 160 valence electrons. The molecular weight excluding hydrogens is 397 g/mol. The van der Waals surface area contributed by atoms with Crippen LogP contribution in [0.2, 0.25) is 0 Å². The molecule has 0 aliphatic heterocycles. The zero-order valence-electron chi connectivity index (χ0n) is 16.2. The number of carbonyl (C=O) groups excluding carboxylic acids is 3. The van der Waals surface area contributed by atoms with Crippen molar-refractivity contribution in [2.24, 2.45) is 5.92 Å². The van der Waals surface area contributed by atoms with E-state index >= 15 is 0 Å². The second-order valence-corrected chi connectivity index (χ2v) is 6.78. The number of alkyl halides is 3. The molecule has 0 spiro atoms. The van der Waals surface area contributed by atoms with E-state index < -0.39 is 36.1 Å². The third kappa shape index (κ3) is 7.69. The number of hydrogen-bond acceptors (Lipinski definition) is 3. The first-order valence-electron chi connectivity index (χ1n) is 9.59. The smallest absolute Gasteiger partial charge is 0.325 e. The molecule has 2 rings (SSSR count). The number of halogens is 3. The van der Waals surface area contributed by atoms with E-state index in [2.05, 4.69) is 10.6 Å². The number of benzene rings is 2. The summed E-state index contributed by atoms with van der Waals surface area (Å²) in [7, 11) is 0. The van der Waals surface area contributed by atoms with Gasteiger partial charge in [0, 0.05) is 17.8 Å². The quantitative estimate of drug-likeness (QED) is 0.421. The van der Waals surface area contributed by atoms with Gasteiger partial charge in [-0.3, -0.25) is 14.4 Å². The Labute approximate surface area is 172 Å². The zero-order valence-corrected chi connectivity index (χ0v) is 16.2. The average molecular weight is 420 g/mol. The average Bonchev–Trinajstić information content (AvgIpc) is 2.71. The molecule has 30 heavy (non-hydrogen) atoms. The Morgan fingerprint density at radius 3 is 1.63 bits per heavy atom. The van der Waals surface area contributed by atoms with Crippen molar-refractivity contribution in [2.75, 3.05) is 10.6 Å². The van der Waals surface area contributed by atoms with Crippen LogP contribution in [-0.2, 0) is 14.4 Å². The van der Waals surface area contributed by atoms with E-state index in [4.69, 9.17) is 0 Å². The van der Waals surface area contributed by atoms with Crippen LogP contribution in [0.15, 0.2) is 60.7 Å². The predicted octanol–water partition coefficient (Wildman–Crippen LogP) is 4.96. The van der Waals surface area contributed by atoms with Crippen LogP contribution < -0.4 is 10.6 Å². The number of ketones is 1. The van der Waals surface area contributed by atoms with Crippen molar-refractivity contribution in [3.05, 3.63) is 60.7 Å². The lowest BCUT2D eigenvalue weighted by atomic mass is 9.98. The van der Waals surface area contributed by atoms with Gasteiger partial charge in [-0.15, -0.1) is 0 Å². The molecule has 0 unspecified atom stereocenters. The first-order chi connectivity index (χ1) is 14.3. The molecule has 2 amide bonds.